The van der Waals surface area contributed by atoms with Gasteiger partial charge < -0.3 is 20.1 Å². The van der Waals surface area contributed by atoms with Crippen molar-refractivity contribution in [2.75, 3.05) is 23.8 Å². The number of halogens is 2. The number of nitrogens with zero attached hydrogens (tertiary/aromatic N) is 2. The molecule has 3 aromatic rings. The lowest BCUT2D eigenvalue weighted by molar-refractivity contribution is 0.0527. The Morgan fingerprint density at radius 3 is 2.59 bits per heavy atom. The maximum absolute atomic E-state index is 13.3. The number of thiophene rings is 1. The summed E-state index contributed by atoms with van der Waals surface area (Å²) in [6, 6.07) is 4.17. The van der Waals surface area contributed by atoms with Gasteiger partial charge in [0, 0.05) is 11.2 Å². The number of aromatic nitrogens is 2. The van der Waals surface area contributed by atoms with E-state index in [1.807, 2.05) is 0 Å². The molecule has 0 spiro atoms. The molecule has 0 atom stereocenters. The zero-order valence-corrected chi connectivity index (χ0v) is 21.0. The van der Waals surface area contributed by atoms with Crippen molar-refractivity contribution in [3.8, 4) is 0 Å². The van der Waals surface area contributed by atoms with E-state index in [0.29, 0.717) is 38.3 Å². The van der Waals surface area contributed by atoms with Gasteiger partial charge in [-0.15, -0.1) is 11.3 Å². The van der Waals surface area contributed by atoms with Crippen molar-refractivity contribution >= 4 is 62.9 Å². The van der Waals surface area contributed by atoms with E-state index < -0.39 is 17.8 Å². The minimum Gasteiger partial charge on any atom is -0.462 e. The number of esters is 2. The van der Waals surface area contributed by atoms with Gasteiger partial charge in [0.2, 0.25) is 0 Å². The van der Waals surface area contributed by atoms with E-state index in [1.165, 1.54) is 12.1 Å². The first kappa shape index (κ1) is 25.6. The molecule has 180 valence electrons. The fourth-order valence-electron chi connectivity index (χ4n) is 3.05. The molecule has 2 heterocycles. The minimum atomic E-state index is -0.568. The summed E-state index contributed by atoms with van der Waals surface area (Å²) in [6.07, 6.45) is 3.25. The van der Waals surface area contributed by atoms with Crippen LogP contribution in [-0.2, 0) is 16.0 Å². The average molecular weight is 525 g/mol. The molecule has 0 unspecified atom stereocenters. The van der Waals surface area contributed by atoms with Crippen molar-refractivity contribution < 1.29 is 23.5 Å². The fraction of sp³-hybridized carbons (Fsp3) is 0.273. The Labute approximate surface area is 210 Å². The monoisotopic (exact) mass is 524 g/mol. The van der Waals surface area contributed by atoms with Crippen LogP contribution in [0.25, 0.3) is 0 Å². The van der Waals surface area contributed by atoms with Crippen molar-refractivity contribution in [2.24, 2.45) is 0 Å². The highest BCUT2D eigenvalue weighted by Gasteiger charge is 2.27. The van der Waals surface area contributed by atoms with Gasteiger partial charge in [0.1, 0.15) is 15.7 Å². The number of anilines is 2. The van der Waals surface area contributed by atoms with Crippen LogP contribution in [-0.4, -0.2) is 40.0 Å². The van der Waals surface area contributed by atoms with E-state index in [4.69, 9.17) is 33.3 Å². The molecule has 8 nitrogen and oxygen atoms in total. The van der Waals surface area contributed by atoms with Gasteiger partial charge in [-0.25, -0.2) is 14.0 Å². The van der Waals surface area contributed by atoms with Gasteiger partial charge >= 0.3 is 11.9 Å². The molecule has 1 aromatic carbocycles. The largest absolute Gasteiger partial charge is 0.462 e. The summed E-state index contributed by atoms with van der Waals surface area (Å²) in [4.78, 5) is 25.1. The van der Waals surface area contributed by atoms with Gasteiger partial charge in [0.15, 0.2) is 5.11 Å². The smallest absolute Gasteiger partial charge is 0.348 e. The van der Waals surface area contributed by atoms with Gasteiger partial charge in [-0.3, -0.25) is 4.68 Å². The molecule has 0 saturated heterocycles. The lowest BCUT2D eigenvalue weighted by Gasteiger charge is -2.10. The Morgan fingerprint density at radius 1 is 1.21 bits per heavy atom. The molecule has 2 aromatic heterocycles. The van der Waals surface area contributed by atoms with E-state index in [1.54, 1.807) is 43.9 Å². The number of carbonyl (C=O) groups is 2. The van der Waals surface area contributed by atoms with E-state index >= 15 is 0 Å². The molecule has 34 heavy (non-hydrogen) atoms. The summed E-state index contributed by atoms with van der Waals surface area (Å²) in [7, 11) is 0. The van der Waals surface area contributed by atoms with Crippen LogP contribution in [0.1, 0.15) is 45.0 Å². The Morgan fingerprint density at radius 2 is 1.91 bits per heavy atom. The van der Waals surface area contributed by atoms with E-state index in [0.717, 1.165) is 11.3 Å². The third-order valence-corrected chi connectivity index (χ3v) is 6.30. The van der Waals surface area contributed by atoms with Gasteiger partial charge in [-0.1, -0.05) is 17.7 Å². The number of ether oxygens (including phenoxy) is 2. The van der Waals surface area contributed by atoms with Crippen LogP contribution in [0, 0.1) is 12.7 Å². The number of benzene rings is 1. The topological polar surface area (TPSA) is 94.5 Å². The minimum absolute atomic E-state index is 0.182. The fourth-order valence-corrected chi connectivity index (χ4v) is 4.65. The first-order valence-corrected chi connectivity index (χ1v) is 11.9. The third-order valence-electron chi connectivity index (χ3n) is 4.55. The molecular weight excluding hydrogens is 503 g/mol. The first-order chi connectivity index (χ1) is 16.2. The molecule has 3 rings (SSSR count). The van der Waals surface area contributed by atoms with Gasteiger partial charge in [-0.05, 0) is 56.2 Å². The Balaban J connectivity index is 1.75. The van der Waals surface area contributed by atoms with Crippen LogP contribution in [0.3, 0.4) is 0 Å². The second-order valence-electron chi connectivity index (χ2n) is 6.94. The highest BCUT2D eigenvalue weighted by atomic mass is 35.5. The number of hydrogen-bond donors (Lipinski definition) is 2. The predicted molar refractivity (Wildman–Crippen MR) is 134 cm³/mol. The normalized spacial score (nSPS) is 10.6. The Kier molecular flexibility index (Phi) is 8.59. The number of carbonyl (C=O) groups excluding carboxylic acids is 2. The second kappa shape index (κ2) is 11.4. The molecule has 0 bridgehead atoms. The quantitative estimate of drug-likeness (QED) is 0.304. The third kappa shape index (κ3) is 6.10. The zero-order valence-electron chi connectivity index (χ0n) is 18.6. The Hall–Kier alpha value is -3.02. The lowest BCUT2D eigenvalue weighted by atomic mass is 10.1. The highest BCUT2D eigenvalue weighted by Crippen LogP contribution is 2.34. The van der Waals surface area contributed by atoms with Gasteiger partial charge in [0.25, 0.3) is 0 Å². The zero-order chi connectivity index (χ0) is 24.8. The van der Waals surface area contributed by atoms with Crippen molar-refractivity contribution in [3.63, 3.8) is 0 Å². The number of hydrogen-bond acceptors (Lipinski definition) is 7. The maximum atomic E-state index is 13.3. The summed E-state index contributed by atoms with van der Waals surface area (Å²) in [5.74, 6) is -1.51. The van der Waals surface area contributed by atoms with Crippen molar-refractivity contribution in [2.45, 2.75) is 27.3 Å². The van der Waals surface area contributed by atoms with Crippen LogP contribution < -0.4 is 10.6 Å². The van der Waals surface area contributed by atoms with E-state index in [-0.39, 0.29) is 23.9 Å². The molecule has 0 aliphatic heterocycles. The summed E-state index contributed by atoms with van der Waals surface area (Å²) in [6.45, 7) is 5.78. The maximum Gasteiger partial charge on any atom is 0.348 e. The van der Waals surface area contributed by atoms with E-state index in [9.17, 15) is 14.0 Å². The van der Waals surface area contributed by atoms with Crippen LogP contribution in [0.15, 0.2) is 30.6 Å². The van der Waals surface area contributed by atoms with Crippen LogP contribution in [0.2, 0.25) is 5.02 Å². The van der Waals surface area contributed by atoms with Gasteiger partial charge in [0.05, 0.1) is 37.2 Å². The second-order valence-corrected chi connectivity index (χ2v) is 8.78. The molecule has 12 heteroatoms. The van der Waals surface area contributed by atoms with Crippen LogP contribution in [0.4, 0.5) is 15.1 Å². The first-order valence-electron chi connectivity index (χ1n) is 10.2. The Bertz CT molecular complexity index is 1230. The molecule has 0 amide bonds. The molecule has 2 N–H and O–H groups in total. The number of nitrogens with one attached hydrogen (secondary N) is 2. The molecular formula is C22H22ClFN4O4S2. The SMILES string of the molecule is CCOC(=O)c1sc(NC(=S)Nc2cnn(Cc3ccc(F)cc3Cl)c2)c(C(=O)OCC)c1C. The molecule has 0 fully saturated rings. The lowest BCUT2D eigenvalue weighted by Crippen LogP contribution is -2.20. The standard InChI is InChI=1S/C22H22ClFN4O4S2/c1-4-31-20(29)17-12(3)18(21(30)32-5-2)34-19(17)27-22(33)26-15-9-25-28(11-15)10-13-6-7-14(24)8-16(13)23/h6-9,11H,4-5,10H2,1-3H3,(H2,26,27,33). The molecule has 0 saturated carbocycles. The van der Waals surface area contributed by atoms with Gasteiger partial charge in [-0.2, -0.15) is 5.10 Å². The average Bonchev–Trinajstić information content (AvgIpc) is 3.34. The van der Waals surface area contributed by atoms with Crippen LogP contribution >= 0.6 is 35.2 Å². The molecule has 0 radical (unpaired) electrons. The summed E-state index contributed by atoms with van der Waals surface area (Å²) in [5.41, 5.74) is 1.96. The number of thiocarbonyl (C=S) groups is 1. The van der Waals surface area contributed by atoms with Crippen molar-refractivity contribution in [3.05, 3.63) is 63.0 Å². The van der Waals surface area contributed by atoms with E-state index in [2.05, 4.69) is 15.7 Å². The molecule has 0 aliphatic carbocycles. The summed E-state index contributed by atoms with van der Waals surface area (Å²) < 4.78 is 25.1. The van der Waals surface area contributed by atoms with Crippen molar-refractivity contribution in [1.82, 2.24) is 9.78 Å². The summed E-state index contributed by atoms with van der Waals surface area (Å²) >= 11 is 12.5. The highest BCUT2D eigenvalue weighted by molar-refractivity contribution is 7.80. The predicted octanol–water partition coefficient (Wildman–Crippen LogP) is 5.26. The summed E-state index contributed by atoms with van der Waals surface area (Å²) in [5, 5.41) is 11.0. The number of rotatable bonds is 8. The molecule has 0 aliphatic rings. The van der Waals surface area contributed by atoms with Crippen molar-refractivity contribution in [1.29, 1.82) is 0 Å². The van der Waals surface area contributed by atoms with Crippen LogP contribution in [0.5, 0.6) is 0 Å².